The molecular formula is C20H19ClN4O2. The molecule has 0 unspecified atom stereocenters. The minimum absolute atomic E-state index is 0.268. The molecule has 6 nitrogen and oxygen atoms in total. The van der Waals surface area contributed by atoms with Crippen LogP contribution in [0.15, 0.2) is 41.0 Å². The van der Waals surface area contributed by atoms with Gasteiger partial charge in [-0.3, -0.25) is 4.79 Å². The molecule has 1 aliphatic heterocycles. The molecule has 7 heteroatoms. The van der Waals surface area contributed by atoms with Gasteiger partial charge in [0.25, 0.3) is 0 Å². The summed E-state index contributed by atoms with van der Waals surface area (Å²) in [7, 11) is 0. The Morgan fingerprint density at radius 2 is 1.93 bits per heavy atom. The zero-order valence-electron chi connectivity index (χ0n) is 14.8. The van der Waals surface area contributed by atoms with Crippen molar-refractivity contribution in [3.8, 4) is 11.6 Å². The Morgan fingerprint density at radius 3 is 2.63 bits per heavy atom. The number of halogens is 1. The highest BCUT2D eigenvalue weighted by molar-refractivity contribution is 6.31. The summed E-state index contributed by atoms with van der Waals surface area (Å²) >= 11 is 6.18. The number of aromatic nitrogens is 2. The van der Waals surface area contributed by atoms with Gasteiger partial charge in [-0.25, -0.2) is 9.97 Å². The normalized spacial score (nSPS) is 17.5. The van der Waals surface area contributed by atoms with Crippen molar-refractivity contribution < 1.29 is 9.21 Å². The third kappa shape index (κ3) is 3.14. The highest BCUT2D eigenvalue weighted by atomic mass is 35.5. The Bertz CT molecular complexity index is 993. The lowest BCUT2D eigenvalue weighted by atomic mass is 10.2. The first kappa shape index (κ1) is 16.6. The molecule has 0 atom stereocenters. The van der Waals surface area contributed by atoms with Crippen LogP contribution < -0.4 is 4.90 Å². The number of piperazine rings is 1. The van der Waals surface area contributed by atoms with E-state index in [0.717, 1.165) is 55.7 Å². The average molecular weight is 383 g/mol. The molecule has 1 saturated carbocycles. The number of carbonyl (C=O) groups is 1. The van der Waals surface area contributed by atoms with Crippen LogP contribution in [0.2, 0.25) is 5.02 Å². The number of rotatable bonds is 3. The number of hydrogen-bond donors (Lipinski definition) is 0. The number of hydrogen-bond acceptors (Lipinski definition) is 5. The van der Waals surface area contributed by atoms with Gasteiger partial charge in [0.15, 0.2) is 11.6 Å². The van der Waals surface area contributed by atoms with Crippen LogP contribution in [0.5, 0.6) is 0 Å². The molecule has 1 saturated heterocycles. The van der Waals surface area contributed by atoms with Crippen LogP contribution in [0.1, 0.15) is 12.8 Å². The van der Waals surface area contributed by atoms with Gasteiger partial charge in [0.1, 0.15) is 5.82 Å². The van der Waals surface area contributed by atoms with Crippen LogP contribution in [0.3, 0.4) is 0 Å². The maximum atomic E-state index is 12.3. The zero-order valence-corrected chi connectivity index (χ0v) is 15.5. The Hall–Kier alpha value is -2.60. The lowest BCUT2D eigenvalue weighted by molar-refractivity contribution is -0.132. The summed E-state index contributed by atoms with van der Waals surface area (Å²) in [4.78, 5) is 25.9. The van der Waals surface area contributed by atoms with Crippen molar-refractivity contribution in [1.82, 2.24) is 14.9 Å². The van der Waals surface area contributed by atoms with Gasteiger partial charge in [0.05, 0.1) is 11.8 Å². The van der Waals surface area contributed by atoms with Gasteiger partial charge in [0.2, 0.25) is 5.91 Å². The maximum Gasteiger partial charge on any atom is 0.225 e. The Balaban J connectivity index is 1.49. The molecule has 1 amide bonds. The van der Waals surface area contributed by atoms with Gasteiger partial charge in [-0.2, -0.15) is 0 Å². The maximum absolute atomic E-state index is 12.3. The number of anilines is 1. The summed E-state index contributed by atoms with van der Waals surface area (Å²) in [6, 6.07) is 9.34. The highest BCUT2D eigenvalue weighted by Gasteiger charge is 2.35. The highest BCUT2D eigenvalue weighted by Crippen LogP contribution is 2.33. The zero-order chi connectivity index (χ0) is 18.4. The second-order valence-corrected chi connectivity index (χ2v) is 7.53. The summed E-state index contributed by atoms with van der Waals surface area (Å²) in [5.74, 6) is 2.61. The smallest absolute Gasteiger partial charge is 0.225 e. The first-order valence-electron chi connectivity index (χ1n) is 9.24. The predicted octanol–water partition coefficient (Wildman–Crippen LogP) is 3.60. The average Bonchev–Trinajstić information content (AvgIpc) is 3.40. The van der Waals surface area contributed by atoms with E-state index in [9.17, 15) is 4.79 Å². The Labute approximate surface area is 161 Å². The first-order valence-corrected chi connectivity index (χ1v) is 9.62. The topological polar surface area (TPSA) is 62.5 Å². The van der Waals surface area contributed by atoms with E-state index in [4.69, 9.17) is 21.0 Å². The second kappa shape index (κ2) is 6.53. The standard InChI is InChI=1S/C20H19ClN4O2/c21-14-5-6-15-16(12-14)22-18(17-2-1-11-27-17)23-19(15)24-7-9-25(10-8-24)20(26)13-3-4-13/h1-2,5-6,11-13H,3-4,7-10H2. The summed E-state index contributed by atoms with van der Waals surface area (Å²) in [5, 5.41) is 1.59. The minimum atomic E-state index is 0.268. The molecule has 3 heterocycles. The number of fused-ring (bicyclic) bond motifs is 1. The number of nitrogens with zero attached hydrogens (tertiary/aromatic N) is 4. The van der Waals surface area contributed by atoms with E-state index in [1.54, 1.807) is 6.26 Å². The molecule has 2 fully saturated rings. The summed E-state index contributed by atoms with van der Waals surface area (Å²) in [6.45, 7) is 2.96. The number of amides is 1. The molecule has 1 aliphatic carbocycles. The number of benzene rings is 1. The quantitative estimate of drug-likeness (QED) is 0.692. The van der Waals surface area contributed by atoms with E-state index in [-0.39, 0.29) is 5.92 Å². The lowest BCUT2D eigenvalue weighted by Gasteiger charge is -2.36. The number of furan rings is 1. The summed E-state index contributed by atoms with van der Waals surface area (Å²) in [6.07, 6.45) is 3.70. The molecular weight excluding hydrogens is 364 g/mol. The summed E-state index contributed by atoms with van der Waals surface area (Å²) in [5.41, 5.74) is 0.787. The van der Waals surface area contributed by atoms with Gasteiger partial charge in [-0.15, -0.1) is 0 Å². The van der Waals surface area contributed by atoms with Gasteiger partial charge >= 0.3 is 0 Å². The van der Waals surface area contributed by atoms with E-state index in [1.165, 1.54) is 0 Å². The van der Waals surface area contributed by atoms with Gasteiger partial charge in [-0.1, -0.05) is 11.6 Å². The molecule has 1 aromatic carbocycles. The van der Waals surface area contributed by atoms with Gasteiger partial charge < -0.3 is 14.2 Å². The second-order valence-electron chi connectivity index (χ2n) is 7.10. The molecule has 3 aromatic rings. The van der Waals surface area contributed by atoms with Crippen molar-refractivity contribution in [2.75, 3.05) is 31.1 Å². The van der Waals surface area contributed by atoms with Crippen molar-refractivity contribution >= 4 is 34.2 Å². The van der Waals surface area contributed by atoms with Crippen molar-refractivity contribution in [2.45, 2.75) is 12.8 Å². The molecule has 0 N–H and O–H groups in total. The van der Waals surface area contributed by atoms with Crippen molar-refractivity contribution in [3.63, 3.8) is 0 Å². The molecule has 0 bridgehead atoms. The fourth-order valence-corrected chi connectivity index (χ4v) is 3.74. The Kier molecular flexibility index (Phi) is 4.01. The summed E-state index contributed by atoms with van der Waals surface area (Å²) < 4.78 is 5.49. The van der Waals surface area contributed by atoms with Crippen LogP contribution in [0.25, 0.3) is 22.5 Å². The monoisotopic (exact) mass is 382 g/mol. The van der Waals surface area contributed by atoms with Crippen LogP contribution in [-0.2, 0) is 4.79 Å². The fraction of sp³-hybridized carbons (Fsp3) is 0.350. The molecule has 0 radical (unpaired) electrons. The van der Waals surface area contributed by atoms with Crippen LogP contribution >= 0.6 is 11.6 Å². The van der Waals surface area contributed by atoms with Gasteiger partial charge in [-0.05, 0) is 43.2 Å². The molecule has 2 aliphatic rings. The molecule has 0 spiro atoms. The van der Waals surface area contributed by atoms with Gasteiger partial charge in [0, 0.05) is 42.5 Å². The molecule has 5 rings (SSSR count). The van der Waals surface area contributed by atoms with E-state index in [2.05, 4.69) is 9.88 Å². The third-order valence-electron chi connectivity index (χ3n) is 5.20. The lowest BCUT2D eigenvalue weighted by Crippen LogP contribution is -2.49. The molecule has 138 valence electrons. The third-order valence-corrected chi connectivity index (χ3v) is 5.43. The van der Waals surface area contributed by atoms with E-state index >= 15 is 0 Å². The predicted molar refractivity (Wildman–Crippen MR) is 104 cm³/mol. The van der Waals surface area contributed by atoms with E-state index in [0.29, 0.717) is 22.5 Å². The van der Waals surface area contributed by atoms with Crippen molar-refractivity contribution in [1.29, 1.82) is 0 Å². The minimum Gasteiger partial charge on any atom is -0.461 e. The molecule has 27 heavy (non-hydrogen) atoms. The molecule has 2 aromatic heterocycles. The van der Waals surface area contributed by atoms with Crippen LogP contribution in [0.4, 0.5) is 5.82 Å². The van der Waals surface area contributed by atoms with Crippen molar-refractivity contribution in [2.24, 2.45) is 5.92 Å². The fourth-order valence-electron chi connectivity index (χ4n) is 3.57. The first-order chi connectivity index (χ1) is 13.2. The number of carbonyl (C=O) groups excluding carboxylic acids is 1. The largest absolute Gasteiger partial charge is 0.461 e. The Morgan fingerprint density at radius 1 is 1.11 bits per heavy atom. The van der Waals surface area contributed by atoms with Crippen molar-refractivity contribution in [3.05, 3.63) is 41.6 Å². The van der Waals surface area contributed by atoms with Crippen LogP contribution in [-0.4, -0.2) is 47.0 Å². The van der Waals surface area contributed by atoms with E-state index < -0.39 is 0 Å². The van der Waals surface area contributed by atoms with Crippen LogP contribution in [0, 0.1) is 5.92 Å². The van der Waals surface area contributed by atoms with E-state index in [1.807, 2.05) is 35.2 Å². The SMILES string of the molecule is O=C(C1CC1)N1CCN(c2nc(-c3ccco3)nc3cc(Cl)ccc23)CC1.